The summed E-state index contributed by atoms with van der Waals surface area (Å²) in [5.74, 6) is 0. The molecule has 0 saturated heterocycles. The fourth-order valence-electron chi connectivity index (χ4n) is 3.25. The van der Waals surface area contributed by atoms with E-state index in [2.05, 4.69) is 35.3 Å². The van der Waals surface area contributed by atoms with Gasteiger partial charge in [-0.25, -0.2) is 0 Å². The van der Waals surface area contributed by atoms with Crippen LogP contribution >= 0.6 is 0 Å². The zero-order valence-electron chi connectivity index (χ0n) is 14.9. The van der Waals surface area contributed by atoms with E-state index in [-0.39, 0.29) is 10.3 Å². The molecule has 0 unspecified atom stereocenters. The lowest BCUT2D eigenvalue weighted by atomic mass is 9.84. The van der Waals surface area contributed by atoms with Crippen molar-refractivity contribution in [1.29, 1.82) is 0 Å². The summed E-state index contributed by atoms with van der Waals surface area (Å²) in [6, 6.07) is 14.9. The largest absolute Gasteiger partial charge is 0.347 e. The van der Waals surface area contributed by atoms with Crippen molar-refractivity contribution in [2.24, 2.45) is 4.40 Å². The van der Waals surface area contributed by atoms with Gasteiger partial charge < -0.3 is 4.90 Å². The molecule has 2 aromatic carbocycles. The Bertz CT molecular complexity index is 955. The molecule has 0 radical (unpaired) electrons. The average molecular weight is 354 g/mol. The highest BCUT2D eigenvalue weighted by atomic mass is 32.2. The molecular formula is C20H22N2O2S. The summed E-state index contributed by atoms with van der Waals surface area (Å²) >= 11 is 0. The number of para-hydroxylation sites is 1. The Balaban J connectivity index is 1.92. The monoisotopic (exact) mass is 354 g/mol. The molecule has 1 heterocycles. The van der Waals surface area contributed by atoms with Crippen molar-refractivity contribution < 1.29 is 8.42 Å². The van der Waals surface area contributed by atoms with E-state index in [1.165, 1.54) is 11.8 Å². The molecule has 3 rings (SSSR count). The van der Waals surface area contributed by atoms with Crippen LogP contribution < -0.4 is 4.90 Å². The van der Waals surface area contributed by atoms with Gasteiger partial charge in [0.2, 0.25) is 0 Å². The maximum absolute atomic E-state index is 12.3. The van der Waals surface area contributed by atoms with Crippen molar-refractivity contribution in [3.63, 3.8) is 0 Å². The van der Waals surface area contributed by atoms with E-state index in [0.717, 1.165) is 16.9 Å². The van der Waals surface area contributed by atoms with Gasteiger partial charge in [0.05, 0.1) is 4.90 Å². The molecule has 1 aliphatic heterocycles. The third-order valence-corrected chi connectivity index (χ3v) is 5.96. The highest BCUT2D eigenvalue weighted by Gasteiger charge is 2.37. The molecule has 5 heteroatoms. The fourth-order valence-corrected chi connectivity index (χ4v) is 4.08. The maximum atomic E-state index is 12.3. The summed E-state index contributed by atoms with van der Waals surface area (Å²) in [6.45, 7) is 6.17. The fraction of sp³-hybridized carbons (Fsp3) is 0.250. The number of allylic oxidation sites excluding steroid dienone is 2. The Hall–Kier alpha value is -2.40. The minimum absolute atomic E-state index is 0.203. The van der Waals surface area contributed by atoms with Crippen LogP contribution in [0.3, 0.4) is 0 Å². The standard InChI is InChI=1S/C20H22N2O2S/c1-15-9-11-16(12-10-15)25(23,24)21-14-13-19-20(2,3)17-7-5-6-8-18(17)22(19)4/h5-14H,1-4H3/b19-13-,21-14+. The molecule has 0 atom stereocenters. The molecule has 25 heavy (non-hydrogen) atoms. The Labute approximate surface area is 149 Å². The molecule has 130 valence electrons. The Morgan fingerprint density at radius 2 is 1.68 bits per heavy atom. The van der Waals surface area contributed by atoms with Crippen molar-refractivity contribution in [1.82, 2.24) is 0 Å². The van der Waals surface area contributed by atoms with Crippen LogP contribution in [0.25, 0.3) is 0 Å². The Morgan fingerprint density at radius 3 is 2.32 bits per heavy atom. The first-order chi connectivity index (χ1) is 11.7. The zero-order chi connectivity index (χ0) is 18.2. The van der Waals surface area contributed by atoms with E-state index in [1.54, 1.807) is 30.3 Å². The predicted octanol–water partition coefficient (Wildman–Crippen LogP) is 4.07. The number of benzene rings is 2. The van der Waals surface area contributed by atoms with Crippen LogP contribution in [0.4, 0.5) is 5.69 Å². The Kier molecular flexibility index (Phi) is 4.29. The van der Waals surface area contributed by atoms with Gasteiger partial charge in [0.25, 0.3) is 10.0 Å². The van der Waals surface area contributed by atoms with Gasteiger partial charge in [0, 0.05) is 30.1 Å². The van der Waals surface area contributed by atoms with Gasteiger partial charge in [0.1, 0.15) is 0 Å². The second kappa shape index (κ2) is 6.15. The van der Waals surface area contributed by atoms with E-state index in [1.807, 2.05) is 26.1 Å². The molecule has 0 saturated carbocycles. The molecule has 0 fully saturated rings. The van der Waals surface area contributed by atoms with Crippen LogP contribution in [-0.2, 0) is 15.4 Å². The quantitative estimate of drug-likeness (QED) is 0.781. The second-order valence-electron chi connectivity index (χ2n) is 6.80. The SMILES string of the molecule is Cc1ccc(S(=O)(=O)/N=C/C=C2\N(C)c3ccccc3C2(C)C)cc1. The van der Waals surface area contributed by atoms with Crippen molar-refractivity contribution in [3.8, 4) is 0 Å². The van der Waals surface area contributed by atoms with E-state index in [9.17, 15) is 8.42 Å². The lowest BCUT2D eigenvalue weighted by Crippen LogP contribution is -2.23. The van der Waals surface area contributed by atoms with Crippen LogP contribution in [0, 0.1) is 6.92 Å². The van der Waals surface area contributed by atoms with Crippen LogP contribution in [-0.4, -0.2) is 21.7 Å². The number of aryl methyl sites for hydroxylation is 1. The minimum Gasteiger partial charge on any atom is -0.347 e. The topological polar surface area (TPSA) is 49.7 Å². The summed E-state index contributed by atoms with van der Waals surface area (Å²) in [4.78, 5) is 2.29. The highest BCUT2D eigenvalue weighted by molar-refractivity contribution is 7.90. The van der Waals surface area contributed by atoms with Crippen LogP contribution in [0.1, 0.15) is 25.0 Å². The van der Waals surface area contributed by atoms with Crippen LogP contribution in [0.15, 0.2) is 69.6 Å². The number of anilines is 1. The summed E-state index contributed by atoms with van der Waals surface area (Å²) in [5.41, 5.74) is 4.17. The molecule has 4 nitrogen and oxygen atoms in total. The smallest absolute Gasteiger partial charge is 0.282 e. The van der Waals surface area contributed by atoms with Gasteiger partial charge in [-0.05, 0) is 36.8 Å². The first-order valence-corrected chi connectivity index (χ1v) is 9.58. The lowest BCUT2D eigenvalue weighted by Gasteiger charge is -2.23. The molecule has 0 amide bonds. The number of hydrogen-bond donors (Lipinski definition) is 0. The van der Waals surface area contributed by atoms with E-state index >= 15 is 0 Å². The molecule has 0 spiro atoms. The average Bonchev–Trinajstić information content (AvgIpc) is 2.76. The molecular weight excluding hydrogens is 332 g/mol. The normalized spacial score (nSPS) is 18.1. The lowest BCUT2D eigenvalue weighted by molar-refractivity contribution is 0.598. The van der Waals surface area contributed by atoms with Gasteiger partial charge in [-0.3, -0.25) is 0 Å². The number of rotatable bonds is 3. The summed E-state index contributed by atoms with van der Waals surface area (Å²) in [7, 11) is -1.70. The summed E-state index contributed by atoms with van der Waals surface area (Å²) < 4.78 is 28.5. The number of likely N-dealkylation sites (N-methyl/N-ethyl adjacent to an activating group) is 1. The third-order valence-electron chi connectivity index (χ3n) is 4.69. The van der Waals surface area contributed by atoms with Gasteiger partial charge in [0.15, 0.2) is 0 Å². The van der Waals surface area contributed by atoms with E-state index < -0.39 is 10.0 Å². The molecule has 0 bridgehead atoms. The van der Waals surface area contributed by atoms with Crippen LogP contribution in [0.2, 0.25) is 0 Å². The van der Waals surface area contributed by atoms with E-state index in [4.69, 9.17) is 0 Å². The number of hydrogen-bond acceptors (Lipinski definition) is 3. The summed E-state index contributed by atoms with van der Waals surface area (Å²) in [5, 5.41) is 0. The number of fused-ring (bicyclic) bond motifs is 1. The molecule has 2 aromatic rings. The minimum atomic E-state index is -3.68. The van der Waals surface area contributed by atoms with Crippen molar-refractivity contribution in [2.45, 2.75) is 31.1 Å². The van der Waals surface area contributed by atoms with Crippen molar-refractivity contribution in [3.05, 3.63) is 71.4 Å². The Morgan fingerprint density at radius 1 is 1.04 bits per heavy atom. The van der Waals surface area contributed by atoms with Gasteiger partial charge in [-0.1, -0.05) is 49.7 Å². The first kappa shape index (κ1) is 17.4. The molecule has 0 N–H and O–H groups in total. The third kappa shape index (κ3) is 3.12. The van der Waals surface area contributed by atoms with Gasteiger partial charge in [-0.2, -0.15) is 12.8 Å². The molecule has 0 aliphatic carbocycles. The zero-order valence-corrected chi connectivity index (χ0v) is 15.7. The van der Waals surface area contributed by atoms with Crippen molar-refractivity contribution >= 4 is 21.9 Å². The maximum Gasteiger partial charge on any atom is 0.282 e. The van der Waals surface area contributed by atoms with Crippen LogP contribution in [0.5, 0.6) is 0 Å². The van der Waals surface area contributed by atoms with E-state index in [0.29, 0.717) is 0 Å². The van der Waals surface area contributed by atoms with Crippen molar-refractivity contribution in [2.75, 3.05) is 11.9 Å². The molecule has 0 aromatic heterocycles. The van der Waals surface area contributed by atoms with Gasteiger partial charge >= 0.3 is 0 Å². The number of sulfonamides is 1. The first-order valence-electron chi connectivity index (χ1n) is 8.14. The molecule has 1 aliphatic rings. The predicted molar refractivity (Wildman–Crippen MR) is 103 cm³/mol. The second-order valence-corrected chi connectivity index (χ2v) is 8.43. The van der Waals surface area contributed by atoms with Gasteiger partial charge in [-0.15, -0.1) is 0 Å². The summed E-state index contributed by atoms with van der Waals surface area (Å²) in [6.07, 6.45) is 3.17. The number of nitrogens with zero attached hydrogens (tertiary/aromatic N) is 2. The highest BCUT2D eigenvalue weighted by Crippen LogP contribution is 2.46.